The van der Waals surface area contributed by atoms with Crippen LogP contribution in [0.15, 0.2) is 12.4 Å². The fourth-order valence-corrected chi connectivity index (χ4v) is 1.43. The van der Waals surface area contributed by atoms with Gasteiger partial charge in [0.25, 0.3) is 5.91 Å². The Balaban J connectivity index is 2.78. The number of amides is 1. The van der Waals surface area contributed by atoms with Crippen molar-refractivity contribution in [1.29, 1.82) is 0 Å². The average Bonchev–Trinajstić information content (AvgIpc) is 2.35. The molecule has 1 aromatic heterocycles. The van der Waals surface area contributed by atoms with Crippen molar-refractivity contribution in [1.82, 2.24) is 15.3 Å². The van der Waals surface area contributed by atoms with Crippen molar-refractivity contribution < 1.29 is 14.7 Å². The van der Waals surface area contributed by atoms with Gasteiger partial charge in [-0.1, -0.05) is 31.9 Å². The molecule has 0 bridgehead atoms. The number of carboxylic acid groups (broad SMARTS) is 1. The van der Waals surface area contributed by atoms with Gasteiger partial charge in [0.15, 0.2) is 0 Å². The van der Waals surface area contributed by atoms with E-state index in [-0.39, 0.29) is 16.8 Å². The molecule has 0 aliphatic rings. The lowest BCUT2D eigenvalue weighted by Crippen LogP contribution is -2.45. The number of hydrogen-bond acceptors (Lipinski definition) is 4. The van der Waals surface area contributed by atoms with Gasteiger partial charge in [-0.25, -0.2) is 14.8 Å². The molecule has 6 nitrogen and oxygen atoms in total. The van der Waals surface area contributed by atoms with E-state index < -0.39 is 17.9 Å². The fraction of sp³-hybridized carbons (Fsp3) is 0.455. The minimum absolute atomic E-state index is 0.0361. The number of carbonyl (C=O) groups excluding carboxylic acids is 1. The van der Waals surface area contributed by atoms with E-state index in [0.29, 0.717) is 6.42 Å². The van der Waals surface area contributed by atoms with Crippen LogP contribution in [0.3, 0.4) is 0 Å². The highest BCUT2D eigenvalue weighted by atomic mass is 35.5. The highest BCUT2D eigenvalue weighted by Gasteiger charge is 2.26. The van der Waals surface area contributed by atoms with Crippen LogP contribution in [0, 0.1) is 5.92 Å². The zero-order chi connectivity index (χ0) is 13.7. The Morgan fingerprint density at radius 1 is 1.44 bits per heavy atom. The van der Waals surface area contributed by atoms with Crippen molar-refractivity contribution in [3.8, 4) is 0 Å². The number of aliphatic carboxylic acids is 1. The molecule has 2 atom stereocenters. The van der Waals surface area contributed by atoms with Crippen LogP contribution in [0.5, 0.6) is 0 Å². The third-order valence-electron chi connectivity index (χ3n) is 2.62. The summed E-state index contributed by atoms with van der Waals surface area (Å²) < 4.78 is 0. The Kier molecular flexibility index (Phi) is 5.03. The topological polar surface area (TPSA) is 92.2 Å². The van der Waals surface area contributed by atoms with E-state index in [4.69, 9.17) is 16.7 Å². The molecule has 0 saturated carbocycles. The number of halogens is 1. The summed E-state index contributed by atoms with van der Waals surface area (Å²) >= 11 is 5.55. The molecule has 0 spiro atoms. The molecule has 0 aliphatic carbocycles. The van der Waals surface area contributed by atoms with Gasteiger partial charge < -0.3 is 10.4 Å². The second kappa shape index (κ2) is 6.30. The molecule has 0 aliphatic heterocycles. The Morgan fingerprint density at radius 2 is 2.11 bits per heavy atom. The lowest BCUT2D eigenvalue weighted by molar-refractivity contribution is -0.140. The van der Waals surface area contributed by atoms with E-state index in [1.165, 1.54) is 12.4 Å². The van der Waals surface area contributed by atoms with Crippen LogP contribution in [0.2, 0.25) is 5.15 Å². The maximum absolute atomic E-state index is 11.8. The average molecular weight is 272 g/mol. The molecule has 0 saturated heterocycles. The van der Waals surface area contributed by atoms with Crippen LogP contribution < -0.4 is 5.32 Å². The third-order valence-corrected chi connectivity index (χ3v) is 2.81. The molecule has 1 rings (SSSR count). The minimum Gasteiger partial charge on any atom is -0.480 e. The summed E-state index contributed by atoms with van der Waals surface area (Å²) in [6.45, 7) is 3.61. The van der Waals surface area contributed by atoms with Crippen LogP contribution in [0.4, 0.5) is 0 Å². The molecule has 0 unspecified atom stereocenters. The van der Waals surface area contributed by atoms with E-state index in [9.17, 15) is 9.59 Å². The van der Waals surface area contributed by atoms with E-state index in [0.717, 1.165) is 0 Å². The fourth-order valence-electron chi connectivity index (χ4n) is 1.33. The molecule has 1 amide bonds. The van der Waals surface area contributed by atoms with Crippen molar-refractivity contribution in [3.63, 3.8) is 0 Å². The summed E-state index contributed by atoms with van der Waals surface area (Å²) in [6, 6.07) is -0.944. The molecule has 0 aromatic carbocycles. The normalized spacial score (nSPS) is 13.7. The second-order valence-corrected chi connectivity index (χ2v) is 4.29. The number of carbonyl (C=O) groups is 2. The highest BCUT2D eigenvalue weighted by Crippen LogP contribution is 2.09. The highest BCUT2D eigenvalue weighted by molar-refractivity contribution is 6.29. The monoisotopic (exact) mass is 271 g/mol. The number of aromatic nitrogens is 2. The Bertz CT molecular complexity index is 436. The van der Waals surface area contributed by atoms with E-state index in [1.54, 1.807) is 6.92 Å². The van der Waals surface area contributed by atoms with Crippen LogP contribution in [-0.2, 0) is 4.79 Å². The first kappa shape index (κ1) is 14.4. The third kappa shape index (κ3) is 3.66. The van der Waals surface area contributed by atoms with Crippen LogP contribution >= 0.6 is 11.6 Å². The summed E-state index contributed by atoms with van der Waals surface area (Å²) in [5.41, 5.74) is 0.0361. The SMILES string of the molecule is CC[C@H](C)[C@H](NC(=O)c1cnc(Cl)cn1)C(=O)O. The van der Waals surface area contributed by atoms with Gasteiger partial charge >= 0.3 is 5.97 Å². The molecular formula is C11H14ClN3O3. The van der Waals surface area contributed by atoms with Gasteiger partial charge in [-0.15, -0.1) is 0 Å². The molecule has 2 N–H and O–H groups in total. The van der Waals surface area contributed by atoms with Crippen molar-refractivity contribution in [2.45, 2.75) is 26.3 Å². The number of carboxylic acids is 1. The predicted molar refractivity (Wildman–Crippen MR) is 65.4 cm³/mol. The minimum atomic E-state index is -1.07. The van der Waals surface area contributed by atoms with Crippen LogP contribution in [-0.4, -0.2) is 33.0 Å². The van der Waals surface area contributed by atoms with Gasteiger partial charge in [0, 0.05) is 0 Å². The number of hydrogen-bond donors (Lipinski definition) is 2. The van der Waals surface area contributed by atoms with Crippen molar-refractivity contribution in [2.75, 3.05) is 0 Å². The summed E-state index contributed by atoms with van der Waals surface area (Å²) in [5.74, 6) is -1.82. The summed E-state index contributed by atoms with van der Waals surface area (Å²) in [4.78, 5) is 30.3. The molecule has 0 fully saturated rings. The molecule has 7 heteroatoms. The van der Waals surface area contributed by atoms with Crippen LogP contribution in [0.25, 0.3) is 0 Å². The van der Waals surface area contributed by atoms with Crippen molar-refractivity contribution in [2.24, 2.45) is 5.92 Å². The largest absolute Gasteiger partial charge is 0.480 e. The van der Waals surface area contributed by atoms with Gasteiger partial charge in [0.2, 0.25) is 0 Å². The molecule has 1 aromatic rings. The maximum atomic E-state index is 11.8. The molecular weight excluding hydrogens is 258 g/mol. The molecule has 18 heavy (non-hydrogen) atoms. The zero-order valence-corrected chi connectivity index (χ0v) is 10.8. The van der Waals surface area contributed by atoms with Gasteiger partial charge in [0.1, 0.15) is 16.9 Å². The lowest BCUT2D eigenvalue weighted by atomic mass is 9.99. The van der Waals surface area contributed by atoms with Crippen molar-refractivity contribution in [3.05, 3.63) is 23.2 Å². The Hall–Kier alpha value is -1.69. The van der Waals surface area contributed by atoms with Gasteiger partial charge in [-0.05, 0) is 5.92 Å². The van der Waals surface area contributed by atoms with Crippen molar-refractivity contribution >= 4 is 23.5 Å². The van der Waals surface area contributed by atoms with Gasteiger partial charge in [0.05, 0.1) is 12.4 Å². The maximum Gasteiger partial charge on any atom is 0.326 e. The zero-order valence-electron chi connectivity index (χ0n) is 10.1. The standard InChI is InChI=1S/C11H14ClN3O3/c1-3-6(2)9(11(17)18)15-10(16)7-4-14-8(12)5-13-7/h4-6,9H,3H2,1-2H3,(H,15,16)(H,17,18)/t6-,9-/m0/s1. The second-order valence-electron chi connectivity index (χ2n) is 3.90. The van der Waals surface area contributed by atoms with Crippen LogP contribution in [0.1, 0.15) is 30.8 Å². The smallest absolute Gasteiger partial charge is 0.326 e. The lowest BCUT2D eigenvalue weighted by Gasteiger charge is -2.19. The number of nitrogens with one attached hydrogen (secondary N) is 1. The first-order chi connectivity index (χ1) is 8.45. The predicted octanol–water partition coefficient (Wildman–Crippen LogP) is 1.36. The quantitative estimate of drug-likeness (QED) is 0.843. The van der Waals surface area contributed by atoms with E-state index in [2.05, 4.69) is 15.3 Å². The molecule has 98 valence electrons. The Labute approximate surface area is 109 Å². The first-order valence-electron chi connectivity index (χ1n) is 5.47. The van der Waals surface area contributed by atoms with E-state index in [1.807, 2.05) is 6.92 Å². The molecule has 1 heterocycles. The summed E-state index contributed by atoms with van der Waals surface area (Å²) in [5, 5.41) is 11.6. The molecule has 0 radical (unpaired) electrons. The Morgan fingerprint density at radius 3 is 2.56 bits per heavy atom. The summed E-state index contributed by atoms with van der Waals surface area (Å²) in [7, 11) is 0. The van der Waals surface area contributed by atoms with Gasteiger partial charge in [-0.3, -0.25) is 4.79 Å². The first-order valence-corrected chi connectivity index (χ1v) is 5.84. The van der Waals surface area contributed by atoms with E-state index >= 15 is 0 Å². The summed E-state index contributed by atoms with van der Waals surface area (Å²) in [6.07, 6.45) is 3.08. The number of nitrogens with zero attached hydrogens (tertiary/aromatic N) is 2. The number of rotatable bonds is 5. The van der Waals surface area contributed by atoms with Gasteiger partial charge in [-0.2, -0.15) is 0 Å².